The molecule has 0 aliphatic carbocycles. The second-order valence-electron chi connectivity index (χ2n) is 5.76. The lowest BCUT2D eigenvalue weighted by molar-refractivity contribution is 0.303. The number of nitrogens with zero attached hydrogens (tertiary/aromatic N) is 4. The van der Waals surface area contributed by atoms with E-state index in [9.17, 15) is 0 Å². The molecule has 0 radical (unpaired) electrons. The van der Waals surface area contributed by atoms with Crippen LogP contribution in [-0.2, 0) is 6.61 Å². The van der Waals surface area contributed by atoms with Crippen molar-refractivity contribution in [1.82, 2.24) is 14.8 Å². The SMILES string of the molecule is Cc1ccc(OCc2c(C)nn(-c3ccc(C#N)c(Cl)c3)c2C)cn1. The Balaban J connectivity index is 1.87. The van der Waals surface area contributed by atoms with Gasteiger partial charge >= 0.3 is 0 Å². The lowest BCUT2D eigenvalue weighted by Crippen LogP contribution is -2.02. The predicted octanol–water partition coefficient (Wildman–Crippen LogP) is 4.30. The van der Waals surface area contributed by atoms with Crippen LogP contribution in [-0.4, -0.2) is 14.8 Å². The fourth-order valence-electron chi connectivity index (χ4n) is 2.56. The number of hydrogen-bond donors (Lipinski definition) is 0. The van der Waals surface area contributed by atoms with Gasteiger partial charge in [0, 0.05) is 17.0 Å². The molecule has 25 heavy (non-hydrogen) atoms. The van der Waals surface area contributed by atoms with Crippen LogP contribution < -0.4 is 4.74 Å². The topological polar surface area (TPSA) is 63.7 Å². The normalized spacial score (nSPS) is 10.5. The number of aryl methyl sites for hydroxylation is 2. The molecule has 0 unspecified atom stereocenters. The molecule has 5 nitrogen and oxygen atoms in total. The van der Waals surface area contributed by atoms with Crippen molar-refractivity contribution in [2.75, 3.05) is 0 Å². The number of hydrogen-bond acceptors (Lipinski definition) is 4. The van der Waals surface area contributed by atoms with Gasteiger partial charge in [0.15, 0.2) is 0 Å². The van der Waals surface area contributed by atoms with Gasteiger partial charge in [-0.05, 0) is 51.1 Å². The highest BCUT2D eigenvalue weighted by molar-refractivity contribution is 6.31. The Bertz CT molecular complexity index is 955. The van der Waals surface area contributed by atoms with Crippen LogP contribution in [0.25, 0.3) is 5.69 Å². The predicted molar refractivity (Wildman–Crippen MR) is 96.1 cm³/mol. The van der Waals surface area contributed by atoms with Crippen LogP contribution in [0.2, 0.25) is 5.02 Å². The summed E-state index contributed by atoms with van der Waals surface area (Å²) in [5.41, 5.74) is 5.08. The van der Waals surface area contributed by atoms with E-state index in [-0.39, 0.29) is 0 Å². The first-order chi connectivity index (χ1) is 12.0. The Morgan fingerprint density at radius 1 is 1.20 bits per heavy atom. The van der Waals surface area contributed by atoms with E-state index in [1.807, 2.05) is 43.7 Å². The molecule has 3 aromatic rings. The number of nitriles is 1. The van der Waals surface area contributed by atoms with Gasteiger partial charge in [-0.25, -0.2) is 4.68 Å². The van der Waals surface area contributed by atoms with Crippen LogP contribution in [0, 0.1) is 32.1 Å². The monoisotopic (exact) mass is 352 g/mol. The zero-order valence-corrected chi connectivity index (χ0v) is 15.0. The van der Waals surface area contributed by atoms with Gasteiger partial charge in [-0.1, -0.05) is 11.6 Å². The molecule has 3 rings (SSSR count). The maximum atomic E-state index is 9.00. The van der Waals surface area contributed by atoms with Crippen LogP contribution in [0.5, 0.6) is 5.75 Å². The highest BCUT2D eigenvalue weighted by Gasteiger charge is 2.14. The molecule has 0 amide bonds. The van der Waals surface area contributed by atoms with Gasteiger partial charge in [-0.3, -0.25) is 4.98 Å². The Morgan fingerprint density at radius 3 is 2.64 bits per heavy atom. The summed E-state index contributed by atoms with van der Waals surface area (Å²) in [7, 11) is 0. The Kier molecular flexibility index (Phi) is 4.73. The molecule has 0 atom stereocenters. The fraction of sp³-hybridized carbons (Fsp3) is 0.211. The Hall–Kier alpha value is -2.84. The van der Waals surface area contributed by atoms with Gasteiger partial charge in [0.2, 0.25) is 0 Å². The third kappa shape index (κ3) is 3.49. The molecule has 126 valence electrons. The maximum Gasteiger partial charge on any atom is 0.138 e. The first kappa shape index (κ1) is 17.0. The van der Waals surface area contributed by atoms with E-state index < -0.39 is 0 Å². The summed E-state index contributed by atoms with van der Waals surface area (Å²) in [5.74, 6) is 0.721. The number of aromatic nitrogens is 3. The van der Waals surface area contributed by atoms with Crippen molar-refractivity contribution in [3.63, 3.8) is 0 Å². The summed E-state index contributed by atoms with van der Waals surface area (Å²) in [6, 6.07) is 11.1. The van der Waals surface area contributed by atoms with Gasteiger partial charge < -0.3 is 4.74 Å². The summed E-state index contributed by atoms with van der Waals surface area (Å²) in [5, 5.41) is 14.0. The van der Waals surface area contributed by atoms with Crippen molar-refractivity contribution in [3.8, 4) is 17.5 Å². The number of benzene rings is 1. The number of ether oxygens (including phenoxy) is 1. The first-order valence-electron chi connectivity index (χ1n) is 7.80. The summed E-state index contributed by atoms with van der Waals surface area (Å²) in [6.07, 6.45) is 1.71. The van der Waals surface area contributed by atoms with Crippen LogP contribution in [0.15, 0.2) is 36.5 Å². The molecular weight excluding hydrogens is 336 g/mol. The molecule has 2 heterocycles. The Morgan fingerprint density at radius 2 is 2.00 bits per heavy atom. The number of halogens is 1. The van der Waals surface area contributed by atoms with Crippen molar-refractivity contribution in [3.05, 3.63) is 69.8 Å². The van der Waals surface area contributed by atoms with Gasteiger partial charge in [-0.15, -0.1) is 0 Å². The average molecular weight is 353 g/mol. The molecule has 0 N–H and O–H groups in total. The van der Waals surface area contributed by atoms with E-state index in [2.05, 4.69) is 16.2 Å². The van der Waals surface area contributed by atoms with E-state index >= 15 is 0 Å². The van der Waals surface area contributed by atoms with Crippen molar-refractivity contribution in [2.45, 2.75) is 27.4 Å². The summed E-state index contributed by atoms with van der Waals surface area (Å²) < 4.78 is 7.65. The second-order valence-corrected chi connectivity index (χ2v) is 6.17. The van der Waals surface area contributed by atoms with Crippen molar-refractivity contribution >= 4 is 11.6 Å². The van der Waals surface area contributed by atoms with E-state index in [0.717, 1.165) is 34.1 Å². The summed E-state index contributed by atoms with van der Waals surface area (Å²) >= 11 is 6.14. The lowest BCUT2D eigenvalue weighted by Gasteiger charge is -2.08. The number of pyridine rings is 1. The molecule has 0 spiro atoms. The Labute approximate surface area is 151 Å². The summed E-state index contributed by atoms with van der Waals surface area (Å²) in [4.78, 5) is 4.23. The smallest absolute Gasteiger partial charge is 0.138 e. The summed E-state index contributed by atoms with van der Waals surface area (Å²) in [6.45, 7) is 6.27. The molecular formula is C19H17ClN4O. The molecule has 0 saturated carbocycles. The third-order valence-electron chi connectivity index (χ3n) is 4.03. The molecule has 0 aliphatic heterocycles. The largest absolute Gasteiger partial charge is 0.487 e. The second kappa shape index (κ2) is 6.96. The molecule has 0 bridgehead atoms. The third-order valence-corrected chi connectivity index (χ3v) is 4.34. The zero-order valence-electron chi connectivity index (χ0n) is 14.2. The molecule has 0 saturated heterocycles. The zero-order chi connectivity index (χ0) is 18.0. The van der Waals surface area contributed by atoms with E-state index in [0.29, 0.717) is 17.2 Å². The lowest BCUT2D eigenvalue weighted by atomic mass is 10.2. The first-order valence-corrected chi connectivity index (χ1v) is 8.18. The van der Waals surface area contributed by atoms with Gasteiger partial charge in [0.05, 0.1) is 28.2 Å². The minimum atomic E-state index is 0.409. The molecule has 0 fully saturated rings. The average Bonchev–Trinajstić information content (AvgIpc) is 2.89. The molecule has 0 aliphatic rings. The standard InChI is InChI=1S/C19H17ClN4O/c1-12-4-7-17(10-22-12)25-11-18-13(2)23-24(14(18)3)16-6-5-15(9-21)19(20)8-16/h4-8,10H,11H2,1-3H3. The van der Waals surface area contributed by atoms with Crippen LogP contribution in [0.1, 0.15) is 28.2 Å². The fourth-order valence-corrected chi connectivity index (χ4v) is 2.77. The maximum absolute atomic E-state index is 9.00. The van der Waals surface area contributed by atoms with Gasteiger partial charge in [0.1, 0.15) is 18.4 Å². The van der Waals surface area contributed by atoms with Crippen molar-refractivity contribution in [2.24, 2.45) is 0 Å². The van der Waals surface area contributed by atoms with Gasteiger partial charge in [-0.2, -0.15) is 10.4 Å². The van der Waals surface area contributed by atoms with E-state index in [1.54, 1.807) is 18.3 Å². The minimum absolute atomic E-state index is 0.409. The van der Waals surface area contributed by atoms with Gasteiger partial charge in [0.25, 0.3) is 0 Å². The van der Waals surface area contributed by atoms with Crippen LogP contribution >= 0.6 is 11.6 Å². The number of rotatable bonds is 4. The molecule has 6 heteroatoms. The highest BCUT2D eigenvalue weighted by atomic mass is 35.5. The van der Waals surface area contributed by atoms with E-state index in [4.69, 9.17) is 21.6 Å². The van der Waals surface area contributed by atoms with Crippen molar-refractivity contribution in [1.29, 1.82) is 5.26 Å². The molecule has 2 aromatic heterocycles. The van der Waals surface area contributed by atoms with E-state index in [1.165, 1.54) is 0 Å². The van der Waals surface area contributed by atoms with Crippen molar-refractivity contribution < 1.29 is 4.74 Å². The highest BCUT2D eigenvalue weighted by Crippen LogP contribution is 2.24. The molecule has 1 aromatic carbocycles. The minimum Gasteiger partial charge on any atom is -0.487 e. The van der Waals surface area contributed by atoms with Crippen LogP contribution in [0.4, 0.5) is 0 Å². The van der Waals surface area contributed by atoms with Crippen LogP contribution in [0.3, 0.4) is 0 Å². The quantitative estimate of drug-likeness (QED) is 0.702.